The summed E-state index contributed by atoms with van der Waals surface area (Å²) in [4.78, 5) is 15.4. The zero-order valence-electron chi connectivity index (χ0n) is 14.6. The van der Waals surface area contributed by atoms with Crippen molar-refractivity contribution >= 4 is 5.91 Å². The second kappa shape index (κ2) is 8.46. The molecule has 6 nitrogen and oxygen atoms in total. The van der Waals surface area contributed by atoms with Gasteiger partial charge < -0.3 is 19.8 Å². The molecule has 0 saturated carbocycles. The van der Waals surface area contributed by atoms with Gasteiger partial charge in [-0.25, -0.2) is 0 Å². The van der Waals surface area contributed by atoms with Crippen LogP contribution in [0.25, 0.3) is 0 Å². The fourth-order valence-electron chi connectivity index (χ4n) is 3.29. The van der Waals surface area contributed by atoms with Gasteiger partial charge in [-0.1, -0.05) is 12.1 Å². The number of hydrogen-bond acceptors (Lipinski definition) is 5. The molecule has 0 spiro atoms. The molecule has 0 bridgehead atoms. The van der Waals surface area contributed by atoms with Gasteiger partial charge in [-0.3, -0.25) is 9.69 Å². The molecule has 2 rings (SSSR count). The molecule has 134 valence electrons. The average molecular weight is 336 g/mol. The quantitative estimate of drug-likeness (QED) is 0.806. The third-order valence-corrected chi connectivity index (χ3v) is 4.58. The lowest BCUT2D eigenvalue weighted by atomic mass is 9.94. The molecule has 24 heavy (non-hydrogen) atoms. The highest BCUT2D eigenvalue weighted by Gasteiger charge is 2.32. The Bertz CT molecular complexity index is 534. The molecule has 1 aromatic rings. The summed E-state index contributed by atoms with van der Waals surface area (Å²) in [7, 11) is 3.64. The monoisotopic (exact) mass is 336 g/mol. The van der Waals surface area contributed by atoms with Gasteiger partial charge in [-0.15, -0.1) is 0 Å². The zero-order valence-corrected chi connectivity index (χ0v) is 14.6. The lowest BCUT2D eigenvalue weighted by Gasteiger charge is -2.31. The van der Waals surface area contributed by atoms with Gasteiger partial charge in [0, 0.05) is 26.2 Å². The molecule has 1 aliphatic rings. The van der Waals surface area contributed by atoms with Crippen LogP contribution < -0.4 is 4.74 Å². The van der Waals surface area contributed by atoms with Crippen LogP contribution in [0.2, 0.25) is 0 Å². The number of rotatable bonds is 6. The molecule has 0 aromatic heterocycles. The van der Waals surface area contributed by atoms with Gasteiger partial charge in [0.05, 0.1) is 12.7 Å². The number of benzene rings is 1. The summed E-state index contributed by atoms with van der Waals surface area (Å²) in [6.45, 7) is 1.93. The van der Waals surface area contributed by atoms with Crippen molar-refractivity contribution in [2.45, 2.75) is 31.4 Å². The molecule has 2 N–H and O–H groups in total. The van der Waals surface area contributed by atoms with Crippen LogP contribution >= 0.6 is 0 Å². The van der Waals surface area contributed by atoms with Crippen LogP contribution in [-0.4, -0.2) is 71.9 Å². The Morgan fingerprint density at radius 2 is 2.00 bits per heavy atom. The first-order valence-electron chi connectivity index (χ1n) is 8.38. The second-order valence-corrected chi connectivity index (χ2v) is 6.64. The molecule has 1 fully saturated rings. The minimum atomic E-state index is -0.800. The van der Waals surface area contributed by atoms with E-state index in [2.05, 4.69) is 4.90 Å². The van der Waals surface area contributed by atoms with E-state index >= 15 is 0 Å². The summed E-state index contributed by atoms with van der Waals surface area (Å²) in [6.07, 6.45) is 1.94. The number of ether oxygens (including phenoxy) is 1. The van der Waals surface area contributed by atoms with Gasteiger partial charge in [0.2, 0.25) is 5.91 Å². The van der Waals surface area contributed by atoms with Crippen molar-refractivity contribution < 1.29 is 19.7 Å². The number of amides is 1. The molecule has 0 radical (unpaired) electrons. The summed E-state index contributed by atoms with van der Waals surface area (Å²) in [5.74, 6) is 0.572. The third kappa shape index (κ3) is 5.19. The fourth-order valence-corrected chi connectivity index (χ4v) is 3.29. The fraction of sp³-hybridized carbons (Fsp3) is 0.611. The standard InChI is InChI=1S/C18H28N2O4/c1-19(12-15-4-6-16(24-2)7-5-15)14-18(23)8-3-10-20(11-9-18)17(22)13-21/h4-7,21,23H,3,8-14H2,1-2H3/t18-/m1/s1. The lowest BCUT2D eigenvalue weighted by Crippen LogP contribution is -2.42. The first-order chi connectivity index (χ1) is 11.5. The van der Waals surface area contributed by atoms with Crippen LogP contribution in [0.1, 0.15) is 24.8 Å². The van der Waals surface area contributed by atoms with Crippen LogP contribution in [0.15, 0.2) is 24.3 Å². The first-order valence-corrected chi connectivity index (χ1v) is 8.38. The van der Waals surface area contributed by atoms with E-state index in [1.54, 1.807) is 12.0 Å². The Labute approximate surface area is 143 Å². The van der Waals surface area contributed by atoms with Gasteiger partial charge >= 0.3 is 0 Å². The number of aliphatic hydroxyl groups is 2. The Morgan fingerprint density at radius 3 is 2.62 bits per heavy atom. The predicted molar refractivity (Wildman–Crippen MR) is 91.8 cm³/mol. The van der Waals surface area contributed by atoms with E-state index in [1.807, 2.05) is 31.3 Å². The van der Waals surface area contributed by atoms with Crippen LogP contribution in [0, 0.1) is 0 Å². The third-order valence-electron chi connectivity index (χ3n) is 4.58. The zero-order chi connectivity index (χ0) is 17.6. The smallest absolute Gasteiger partial charge is 0.248 e. The number of aliphatic hydroxyl groups excluding tert-OH is 1. The van der Waals surface area contributed by atoms with Crippen LogP contribution in [0.5, 0.6) is 5.75 Å². The molecular weight excluding hydrogens is 308 g/mol. The Balaban J connectivity index is 1.89. The van der Waals surface area contributed by atoms with Gasteiger partial charge in [0.1, 0.15) is 12.4 Å². The average Bonchev–Trinajstić information content (AvgIpc) is 2.76. The van der Waals surface area contributed by atoms with Gasteiger partial charge in [0.25, 0.3) is 0 Å². The second-order valence-electron chi connectivity index (χ2n) is 6.64. The number of nitrogens with zero attached hydrogens (tertiary/aromatic N) is 2. The van der Waals surface area contributed by atoms with Gasteiger partial charge in [-0.05, 0) is 44.0 Å². The summed E-state index contributed by atoms with van der Waals surface area (Å²) >= 11 is 0. The van der Waals surface area contributed by atoms with E-state index in [0.717, 1.165) is 24.3 Å². The van der Waals surface area contributed by atoms with E-state index in [9.17, 15) is 9.90 Å². The van der Waals surface area contributed by atoms with Crippen LogP contribution in [0.4, 0.5) is 0 Å². The molecule has 6 heteroatoms. The van der Waals surface area contributed by atoms with E-state index in [-0.39, 0.29) is 5.91 Å². The Morgan fingerprint density at radius 1 is 1.29 bits per heavy atom. The van der Waals surface area contributed by atoms with Gasteiger partial charge in [0.15, 0.2) is 0 Å². The summed E-state index contributed by atoms with van der Waals surface area (Å²) in [5.41, 5.74) is 0.360. The predicted octanol–water partition coefficient (Wildman–Crippen LogP) is 0.863. The molecule has 0 unspecified atom stereocenters. The summed E-state index contributed by atoms with van der Waals surface area (Å²) in [6, 6.07) is 7.91. The van der Waals surface area contributed by atoms with Crippen molar-refractivity contribution in [1.82, 2.24) is 9.80 Å². The lowest BCUT2D eigenvalue weighted by molar-refractivity contribution is -0.134. The van der Waals surface area contributed by atoms with E-state index in [1.165, 1.54) is 0 Å². The molecule has 1 aromatic carbocycles. The highest BCUT2D eigenvalue weighted by molar-refractivity contribution is 5.77. The van der Waals surface area contributed by atoms with Crippen LogP contribution in [-0.2, 0) is 11.3 Å². The largest absolute Gasteiger partial charge is 0.497 e. The number of methoxy groups -OCH3 is 1. The summed E-state index contributed by atoms with van der Waals surface area (Å²) in [5, 5.41) is 19.9. The van der Waals surface area contributed by atoms with E-state index in [4.69, 9.17) is 9.84 Å². The number of hydrogen-bond donors (Lipinski definition) is 2. The van der Waals surface area contributed by atoms with Crippen molar-refractivity contribution in [3.8, 4) is 5.75 Å². The Kier molecular flexibility index (Phi) is 6.60. The minimum absolute atomic E-state index is 0.258. The molecule has 1 heterocycles. The molecule has 1 saturated heterocycles. The van der Waals surface area contributed by atoms with E-state index in [0.29, 0.717) is 32.5 Å². The number of carbonyl (C=O) groups excluding carboxylic acids is 1. The normalized spacial score (nSPS) is 21.6. The maximum Gasteiger partial charge on any atom is 0.248 e. The number of carbonyl (C=O) groups is 1. The Hall–Kier alpha value is -1.63. The van der Waals surface area contributed by atoms with Crippen molar-refractivity contribution in [3.05, 3.63) is 29.8 Å². The van der Waals surface area contributed by atoms with Crippen molar-refractivity contribution in [3.63, 3.8) is 0 Å². The molecule has 1 aliphatic heterocycles. The highest BCUT2D eigenvalue weighted by atomic mass is 16.5. The highest BCUT2D eigenvalue weighted by Crippen LogP contribution is 2.24. The maximum absolute atomic E-state index is 11.6. The molecule has 0 aliphatic carbocycles. The minimum Gasteiger partial charge on any atom is -0.497 e. The van der Waals surface area contributed by atoms with Crippen molar-refractivity contribution in [2.24, 2.45) is 0 Å². The van der Waals surface area contributed by atoms with Crippen LogP contribution in [0.3, 0.4) is 0 Å². The topological polar surface area (TPSA) is 73.2 Å². The molecule has 1 atom stereocenters. The van der Waals surface area contributed by atoms with E-state index < -0.39 is 12.2 Å². The number of likely N-dealkylation sites (tertiary alicyclic amines) is 1. The maximum atomic E-state index is 11.6. The first kappa shape index (κ1) is 18.7. The van der Waals surface area contributed by atoms with Gasteiger partial charge in [-0.2, -0.15) is 0 Å². The SMILES string of the molecule is COc1ccc(CN(C)C[C@@]2(O)CCCN(C(=O)CO)CC2)cc1. The summed E-state index contributed by atoms with van der Waals surface area (Å²) < 4.78 is 5.16. The molecular formula is C18H28N2O4. The van der Waals surface area contributed by atoms with Crippen molar-refractivity contribution in [1.29, 1.82) is 0 Å². The van der Waals surface area contributed by atoms with Crippen molar-refractivity contribution in [2.75, 3.05) is 40.4 Å². The molecule has 1 amide bonds. The number of likely N-dealkylation sites (N-methyl/N-ethyl adjacent to an activating group) is 1.